The van der Waals surface area contributed by atoms with Gasteiger partial charge in [0.1, 0.15) is 17.4 Å². The number of ether oxygens (including phenoxy) is 1. The molecule has 0 atom stereocenters. The molecule has 8 heteroatoms. The number of carbonyl (C=O) groups is 2. The molecule has 0 bridgehead atoms. The molecule has 0 aliphatic carbocycles. The molecule has 2 aromatic carbocycles. The van der Waals surface area contributed by atoms with E-state index in [2.05, 4.69) is 21.2 Å². The van der Waals surface area contributed by atoms with Crippen LogP contribution in [0.1, 0.15) is 5.56 Å². The second-order valence-corrected chi connectivity index (χ2v) is 7.00. The van der Waals surface area contributed by atoms with E-state index in [1.165, 1.54) is 6.08 Å². The van der Waals surface area contributed by atoms with E-state index in [1.54, 1.807) is 36.4 Å². The number of para-hydroxylation sites is 1. The highest BCUT2D eigenvalue weighted by Gasteiger charge is 2.13. The Morgan fingerprint density at radius 2 is 2.00 bits per heavy atom. The molecule has 0 saturated carbocycles. The third-order valence-electron chi connectivity index (χ3n) is 3.07. The van der Waals surface area contributed by atoms with E-state index in [-0.39, 0.29) is 5.57 Å². The first-order valence-corrected chi connectivity index (χ1v) is 9.09. The van der Waals surface area contributed by atoms with Gasteiger partial charge in [0, 0.05) is 5.69 Å². The summed E-state index contributed by atoms with van der Waals surface area (Å²) in [6.45, 7) is -0.466. The first-order valence-electron chi connectivity index (χ1n) is 7.22. The number of carboxylic acid groups (broad SMARTS) is 1. The van der Waals surface area contributed by atoms with Crippen molar-refractivity contribution in [2.24, 2.45) is 0 Å². The SMILES string of the molecule is N#C/C(=C/c1cc(Br)c(OCC(=O)O)c(I)c1)C(=O)Nc1ccccc1. The number of nitrogens with zero attached hydrogens (tertiary/aromatic N) is 1. The van der Waals surface area contributed by atoms with Crippen molar-refractivity contribution in [3.8, 4) is 11.8 Å². The van der Waals surface area contributed by atoms with E-state index >= 15 is 0 Å². The van der Waals surface area contributed by atoms with Gasteiger partial charge >= 0.3 is 5.97 Å². The quantitative estimate of drug-likeness (QED) is 0.336. The van der Waals surface area contributed by atoms with Crippen LogP contribution in [0, 0.1) is 14.9 Å². The van der Waals surface area contributed by atoms with Crippen LogP contribution in [0.15, 0.2) is 52.5 Å². The van der Waals surface area contributed by atoms with E-state index in [9.17, 15) is 14.9 Å². The highest BCUT2D eigenvalue weighted by molar-refractivity contribution is 14.1. The summed E-state index contributed by atoms with van der Waals surface area (Å²) in [6.07, 6.45) is 1.45. The number of anilines is 1. The average molecular weight is 527 g/mol. The number of hydrogen-bond donors (Lipinski definition) is 2. The van der Waals surface area contributed by atoms with Crippen molar-refractivity contribution in [2.75, 3.05) is 11.9 Å². The van der Waals surface area contributed by atoms with Crippen molar-refractivity contribution >= 4 is 62.2 Å². The summed E-state index contributed by atoms with van der Waals surface area (Å²) in [7, 11) is 0. The van der Waals surface area contributed by atoms with Gasteiger partial charge in [-0.15, -0.1) is 0 Å². The van der Waals surface area contributed by atoms with Gasteiger partial charge in [-0.1, -0.05) is 18.2 Å². The zero-order valence-corrected chi connectivity index (χ0v) is 16.9. The predicted octanol–water partition coefficient (Wildman–Crippen LogP) is 4.06. The van der Waals surface area contributed by atoms with Crippen molar-refractivity contribution in [1.82, 2.24) is 0 Å². The second-order valence-electron chi connectivity index (χ2n) is 4.99. The summed E-state index contributed by atoms with van der Waals surface area (Å²) in [5, 5.41) is 20.7. The number of nitrogens with one attached hydrogen (secondary N) is 1. The molecule has 0 fully saturated rings. The zero-order chi connectivity index (χ0) is 19.1. The van der Waals surface area contributed by atoms with Gasteiger partial charge in [0.2, 0.25) is 0 Å². The third-order valence-corrected chi connectivity index (χ3v) is 4.46. The fourth-order valence-electron chi connectivity index (χ4n) is 1.97. The molecule has 2 N–H and O–H groups in total. The Morgan fingerprint density at radius 1 is 1.31 bits per heavy atom. The highest BCUT2D eigenvalue weighted by Crippen LogP contribution is 2.32. The molecular weight excluding hydrogens is 515 g/mol. The fourth-order valence-corrected chi connectivity index (χ4v) is 3.74. The summed E-state index contributed by atoms with van der Waals surface area (Å²) >= 11 is 5.31. The molecular formula is C18H12BrIN2O4. The van der Waals surface area contributed by atoms with Crippen LogP contribution >= 0.6 is 38.5 Å². The first-order chi connectivity index (χ1) is 12.4. The summed E-state index contributed by atoms with van der Waals surface area (Å²) in [5.41, 5.74) is 1.13. The third kappa shape index (κ3) is 5.57. The minimum atomic E-state index is -1.08. The van der Waals surface area contributed by atoms with E-state index < -0.39 is 18.5 Å². The lowest BCUT2D eigenvalue weighted by atomic mass is 10.1. The normalized spacial score (nSPS) is 10.7. The Kier molecular flexibility index (Phi) is 7.17. The van der Waals surface area contributed by atoms with Crippen LogP contribution in [0.5, 0.6) is 5.75 Å². The molecule has 0 aliphatic rings. The maximum absolute atomic E-state index is 12.3. The number of carboxylic acids is 1. The summed E-state index contributed by atoms with van der Waals surface area (Å²) < 4.78 is 6.39. The molecule has 0 aliphatic heterocycles. The molecule has 0 aromatic heterocycles. The Hall–Kier alpha value is -2.38. The van der Waals surface area contributed by atoms with Gasteiger partial charge in [-0.25, -0.2) is 4.79 Å². The standard InChI is InChI=1S/C18H12BrIN2O4/c19-14-7-11(8-15(20)17(14)26-10-16(23)24)6-12(9-21)18(25)22-13-4-2-1-3-5-13/h1-8H,10H2,(H,22,25)(H,23,24)/b12-6-. The minimum absolute atomic E-state index is 0.0595. The number of halogens is 2. The molecule has 1 amide bonds. The predicted molar refractivity (Wildman–Crippen MR) is 109 cm³/mol. The van der Waals surface area contributed by atoms with Crippen LogP contribution in [0.4, 0.5) is 5.69 Å². The van der Waals surface area contributed by atoms with Crippen LogP contribution in [-0.2, 0) is 9.59 Å². The largest absolute Gasteiger partial charge is 0.480 e. The topological polar surface area (TPSA) is 99.4 Å². The van der Waals surface area contributed by atoms with Crippen LogP contribution < -0.4 is 10.1 Å². The van der Waals surface area contributed by atoms with Gasteiger partial charge in [-0.2, -0.15) is 5.26 Å². The smallest absolute Gasteiger partial charge is 0.341 e. The second kappa shape index (κ2) is 9.35. The van der Waals surface area contributed by atoms with Crippen molar-refractivity contribution in [1.29, 1.82) is 5.26 Å². The number of benzene rings is 2. The molecule has 0 spiro atoms. The molecule has 0 unspecified atom stereocenters. The molecule has 26 heavy (non-hydrogen) atoms. The molecule has 0 saturated heterocycles. The molecule has 0 radical (unpaired) electrons. The average Bonchev–Trinajstić information content (AvgIpc) is 2.59. The van der Waals surface area contributed by atoms with Crippen LogP contribution in [-0.4, -0.2) is 23.6 Å². The highest BCUT2D eigenvalue weighted by atomic mass is 127. The number of rotatable bonds is 6. The number of hydrogen-bond acceptors (Lipinski definition) is 4. The van der Waals surface area contributed by atoms with Crippen molar-refractivity contribution < 1.29 is 19.4 Å². The van der Waals surface area contributed by atoms with Gasteiger partial charge in [-0.3, -0.25) is 4.79 Å². The number of aliphatic carboxylic acids is 1. The fraction of sp³-hybridized carbons (Fsp3) is 0.0556. The van der Waals surface area contributed by atoms with Gasteiger partial charge < -0.3 is 15.2 Å². The van der Waals surface area contributed by atoms with Gasteiger partial charge in [-0.05, 0) is 74.4 Å². The van der Waals surface area contributed by atoms with Crippen LogP contribution in [0.3, 0.4) is 0 Å². The van der Waals surface area contributed by atoms with Gasteiger partial charge in [0.05, 0.1) is 8.04 Å². The molecule has 132 valence electrons. The van der Waals surface area contributed by atoms with Crippen molar-refractivity contribution in [3.05, 3.63) is 61.6 Å². The summed E-state index contributed by atoms with van der Waals surface area (Å²) in [5.74, 6) is -1.21. The lowest BCUT2D eigenvalue weighted by Crippen LogP contribution is -2.13. The maximum atomic E-state index is 12.3. The maximum Gasteiger partial charge on any atom is 0.341 e. The van der Waals surface area contributed by atoms with Gasteiger partial charge in [0.25, 0.3) is 5.91 Å². The minimum Gasteiger partial charge on any atom is -0.480 e. The lowest BCUT2D eigenvalue weighted by Gasteiger charge is -2.10. The lowest BCUT2D eigenvalue weighted by molar-refractivity contribution is -0.139. The molecule has 2 rings (SSSR count). The van der Waals surface area contributed by atoms with E-state index in [0.29, 0.717) is 25.0 Å². The monoisotopic (exact) mass is 526 g/mol. The van der Waals surface area contributed by atoms with Crippen LogP contribution in [0.25, 0.3) is 6.08 Å². The van der Waals surface area contributed by atoms with E-state index in [4.69, 9.17) is 9.84 Å². The number of nitriles is 1. The van der Waals surface area contributed by atoms with Gasteiger partial charge in [0.15, 0.2) is 6.61 Å². The molecule has 6 nitrogen and oxygen atoms in total. The zero-order valence-electron chi connectivity index (χ0n) is 13.2. The number of amides is 1. The van der Waals surface area contributed by atoms with Crippen molar-refractivity contribution in [3.63, 3.8) is 0 Å². The Balaban J connectivity index is 2.24. The van der Waals surface area contributed by atoms with E-state index in [0.717, 1.165) is 0 Å². The number of carbonyl (C=O) groups excluding carboxylic acids is 1. The Bertz CT molecular complexity index is 884. The Labute approximate surface area is 171 Å². The Morgan fingerprint density at radius 3 is 2.58 bits per heavy atom. The summed E-state index contributed by atoms with van der Waals surface area (Å²) in [6, 6.07) is 14.0. The molecule has 0 heterocycles. The first kappa shape index (κ1) is 19.9. The summed E-state index contributed by atoms with van der Waals surface area (Å²) in [4.78, 5) is 22.9. The van der Waals surface area contributed by atoms with Crippen molar-refractivity contribution in [2.45, 2.75) is 0 Å². The van der Waals surface area contributed by atoms with E-state index in [1.807, 2.05) is 34.7 Å². The molecule has 2 aromatic rings. The van der Waals surface area contributed by atoms with Crippen LogP contribution in [0.2, 0.25) is 0 Å².